The van der Waals surface area contributed by atoms with Crippen LogP contribution in [0.2, 0.25) is 0 Å². The molecule has 0 radical (unpaired) electrons. The van der Waals surface area contributed by atoms with Crippen LogP contribution in [0.4, 0.5) is 0 Å². The van der Waals surface area contributed by atoms with Crippen LogP contribution in [-0.2, 0) is 11.2 Å². The van der Waals surface area contributed by atoms with Crippen LogP contribution >= 0.6 is 27.7 Å². The maximum atomic E-state index is 12.4. The van der Waals surface area contributed by atoms with E-state index in [1.165, 1.54) is 36.1 Å². The Morgan fingerprint density at radius 1 is 1.24 bits per heavy atom. The summed E-state index contributed by atoms with van der Waals surface area (Å²) in [5.74, 6) is 1.60. The van der Waals surface area contributed by atoms with Crippen molar-refractivity contribution in [1.29, 1.82) is 0 Å². The fourth-order valence-electron chi connectivity index (χ4n) is 3.43. The average Bonchev–Trinajstić information content (AvgIpc) is 2.97. The molecule has 1 aromatic rings. The van der Waals surface area contributed by atoms with Crippen LogP contribution in [0.15, 0.2) is 29.2 Å². The molecule has 1 aliphatic heterocycles. The minimum atomic E-state index is 0.0633. The van der Waals surface area contributed by atoms with E-state index >= 15 is 0 Å². The molecule has 2 nitrogen and oxygen atoms in total. The molecule has 1 N–H and O–H groups in total. The number of thioether (sulfide) groups is 1. The van der Waals surface area contributed by atoms with Crippen LogP contribution in [-0.4, -0.2) is 23.0 Å². The van der Waals surface area contributed by atoms with Crippen molar-refractivity contribution in [1.82, 2.24) is 5.32 Å². The fraction of sp³-hybridized carbons (Fsp3) is 0.588. The number of hydrogen-bond acceptors (Lipinski definition) is 2. The van der Waals surface area contributed by atoms with Gasteiger partial charge in [0.15, 0.2) is 0 Å². The molecule has 1 aliphatic carbocycles. The van der Waals surface area contributed by atoms with E-state index < -0.39 is 0 Å². The van der Waals surface area contributed by atoms with E-state index in [1.807, 2.05) is 0 Å². The summed E-state index contributed by atoms with van der Waals surface area (Å²) in [6.07, 6.45) is 6.09. The van der Waals surface area contributed by atoms with E-state index in [2.05, 4.69) is 45.5 Å². The predicted molar refractivity (Wildman–Crippen MR) is 92.0 cm³/mol. The quantitative estimate of drug-likeness (QED) is 0.814. The lowest BCUT2D eigenvalue weighted by molar-refractivity contribution is -0.120. The smallest absolute Gasteiger partial charge is 0.233 e. The Hall–Kier alpha value is -0.480. The van der Waals surface area contributed by atoms with Crippen LogP contribution in [0.25, 0.3) is 0 Å². The molecule has 0 saturated heterocycles. The van der Waals surface area contributed by atoms with Gasteiger partial charge in [0.2, 0.25) is 5.91 Å². The zero-order chi connectivity index (χ0) is 14.7. The second kappa shape index (κ2) is 7.19. The van der Waals surface area contributed by atoms with Crippen LogP contribution in [0.5, 0.6) is 0 Å². The zero-order valence-corrected chi connectivity index (χ0v) is 14.6. The number of halogens is 1. The lowest BCUT2D eigenvalue weighted by Crippen LogP contribution is -2.39. The van der Waals surface area contributed by atoms with E-state index in [0.717, 1.165) is 24.2 Å². The van der Waals surface area contributed by atoms with Crippen molar-refractivity contribution in [3.63, 3.8) is 0 Å². The first-order valence-electron chi connectivity index (χ1n) is 7.86. The topological polar surface area (TPSA) is 29.1 Å². The fourth-order valence-corrected chi connectivity index (χ4v) is 5.50. The van der Waals surface area contributed by atoms with Gasteiger partial charge in [-0.05, 0) is 42.7 Å². The van der Waals surface area contributed by atoms with Gasteiger partial charge in [-0.25, -0.2) is 0 Å². The normalized spacial score (nSPS) is 28.1. The monoisotopic (exact) mass is 367 g/mol. The zero-order valence-electron chi connectivity index (χ0n) is 12.2. The molecular formula is C17H22BrNOS. The Morgan fingerprint density at radius 2 is 2.00 bits per heavy atom. The van der Waals surface area contributed by atoms with Crippen molar-refractivity contribution >= 4 is 33.6 Å². The van der Waals surface area contributed by atoms with Crippen molar-refractivity contribution in [2.75, 3.05) is 11.9 Å². The lowest BCUT2D eigenvalue weighted by Gasteiger charge is -2.30. The van der Waals surface area contributed by atoms with Crippen LogP contribution in [0.3, 0.4) is 0 Å². The van der Waals surface area contributed by atoms with Gasteiger partial charge in [0.25, 0.3) is 0 Å². The van der Waals surface area contributed by atoms with E-state index in [4.69, 9.17) is 0 Å². The van der Waals surface area contributed by atoms with Gasteiger partial charge in [0.05, 0.1) is 5.25 Å². The number of rotatable bonds is 4. The van der Waals surface area contributed by atoms with Gasteiger partial charge in [-0.1, -0.05) is 47.0 Å². The Balaban J connectivity index is 1.51. The molecule has 0 aromatic heterocycles. The van der Waals surface area contributed by atoms with Crippen LogP contribution in [0, 0.1) is 11.8 Å². The van der Waals surface area contributed by atoms with Gasteiger partial charge >= 0.3 is 0 Å². The molecule has 1 heterocycles. The Labute approximate surface area is 139 Å². The summed E-state index contributed by atoms with van der Waals surface area (Å²) in [6.45, 7) is 0.850. The predicted octanol–water partition coefficient (Wildman–Crippen LogP) is 4.02. The summed E-state index contributed by atoms with van der Waals surface area (Å²) in [6, 6.07) is 8.37. The number of carbonyl (C=O) groups excluding carboxylic acids is 1. The average molecular weight is 368 g/mol. The Bertz CT molecular complexity index is 482. The summed E-state index contributed by atoms with van der Waals surface area (Å²) >= 11 is 5.34. The summed E-state index contributed by atoms with van der Waals surface area (Å²) in [5, 5.41) is 4.34. The second-order valence-corrected chi connectivity index (χ2v) is 8.01. The number of hydrogen-bond donors (Lipinski definition) is 1. The molecule has 1 saturated carbocycles. The van der Waals surface area contributed by atoms with E-state index in [-0.39, 0.29) is 11.2 Å². The molecule has 1 amide bonds. The highest BCUT2D eigenvalue weighted by Gasteiger charge is 2.29. The van der Waals surface area contributed by atoms with Crippen molar-refractivity contribution in [3.8, 4) is 0 Å². The highest BCUT2D eigenvalue weighted by molar-refractivity contribution is 9.09. The summed E-state index contributed by atoms with van der Waals surface area (Å²) in [4.78, 5) is 13.7. The highest BCUT2D eigenvalue weighted by atomic mass is 79.9. The van der Waals surface area contributed by atoms with Crippen LogP contribution < -0.4 is 5.32 Å². The molecule has 2 aliphatic rings. The molecule has 3 unspecified atom stereocenters. The van der Waals surface area contributed by atoms with Crippen LogP contribution in [0.1, 0.15) is 31.2 Å². The molecular weight excluding hydrogens is 346 g/mol. The molecule has 0 spiro atoms. The van der Waals surface area contributed by atoms with E-state index in [9.17, 15) is 4.79 Å². The first-order chi connectivity index (χ1) is 10.3. The Morgan fingerprint density at radius 3 is 2.76 bits per heavy atom. The third-order valence-electron chi connectivity index (χ3n) is 4.74. The largest absolute Gasteiger partial charge is 0.355 e. The number of fused-ring (bicyclic) bond motifs is 1. The lowest BCUT2D eigenvalue weighted by atomic mass is 9.80. The molecule has 1 aromatic carbocycles. The maximum Gasteiger partial charge on any atom is 0.233 e. The molecule has 21 heavy (non-hydrogen) atoms. The summed E-state index contributed by atoms with van der Waals surface area (Å²) in [7, 11) is 0. The van der Waals surface area contributed by atoms with E-state index in [0.29, 0.717) is 5.92 Å². The minimum Gasteiger partial charge on any atom is -0.355 e. The highest BCUT2D eigenvalue weighted by Crippen LogP contribution is 2.37. The number of benzene rings is 1. The van der Waals surface area contributed by atoms with Crippen molar-refractivity contribution < 1.29 is 4.79 Å². The SMILES string of the molecule is O=C(NCC1CCCCC1CBr)C1Cc2ccccc2S1. The Kier molecular flexibility index (Phi) is 5.28. The second-order valence-electron chi connectivity index (χ2n) is 6.12. The molecule has 0 bridgehead atoms. The number of alkyl halides is 1. The standard InChI is InChI=1S/C17H22BrNOS/c18-10-13-6-1-2-7-14(13)11-19-17(20)16-9-12-5-3-4-8-15(12)21-16/h3-5,8,13-14,16H,1-2,6-7,9-11H2,(H,19,20). The molecule has 114 valence electrons. The summed E-state index contributed by atoms with van der Waals surface area (Å²) < 4.78 is 0. The van der Waals surface area contributed by atoms with Gasteiger partial charge < -0.3 is 5.32 Å². The molecule has 3 atom stereocenters. The summed E-state index contributed by atoms with van der Waals surface area (Å²) in [5.41, 5.74) is 1.32. The maximum absolute atomic E-state index is 12.4. The first kappa shape index (κ1) is 15.4. The van der Waals surface area contributed by atoms with E-state index in [1.54, 1.807) is 11.8 Å². The van der Waals surface area contributed by atoms with Crippen molar-refractivity contribution in [2.45, 2.75) is 42.2 Å². The van der Waals surface area contributed by atoms with Gasteiger partial charge in [-0.3, -0.25) is 4.79 Å². The van der Waals surface area contributed by atoms with Gasteiger partial charge in [0, 0.05) is 16.8 Å². The number of nitrogens with one attached hydrogen (secondary N) is 1. The number of amides is 1. The minimum absolute atomic E-state index is 0.0633. The molecule has 1 fully saturated rings. The molecule has 3 rings (SSSR count). The van der Waals surface area contributed by atoms with Crippen molar-refractivity contribution in [3.05, 3.63) is 29.8 Å². The van der Waals surface area contributed by atoms with Gasteiger partial charge in [-0.2, -0.15) is 0 Å². The third kappa shape index (κ3) is 3.65. The van der Waals surface area contributed by atoms with Crippen molar-refractivity contribution in [2.24, 2.45) is 11.8 Å². The third-order valence-corrected chi connectivity index (χ3v) is 6.89. The van der Waals surface area contributed by atoms with Gasteiger partial charge in [-0.15, -0.1) is 11.8 Å². The number of carbonyl (C=O) groups is 1. The first-order valence-corrected chi connectivity index (χ1v) is 9.86. The van der Waals surface area contributed by atoms with Gasteiger partial charge in [0.1, 0.15) is 0 Å². The molecule has 4 heteroatoms.